The van der Waals surface area contributed by atoms with Gasteiger partial charge in [0.2, 0.25) is 0 Å². The second-order valence-electron chi connectivity index (χ2n) is 6.61. The molecule has 3 heteroatoms. The summed E-state index contributed by atoms with van der Waals surface area (Å²) >= 11 is 6.00. The van der Waals surface area contributed by atoms with Gasteiger partial charge >= 0.3 is 0 Å². The molecule has 0 amide bonds. The molecule has 114 valence electrons. The molecule has 0 aliphatic heterocycles. The van der Waals surface area contributed by atoms with Crippen molar-refractivity contribution in [3.05, 3.63) is 34.9 Å². The van der Waals surface area contributed by atoms with Crippen molar-refractivity contribution < 1.29 is 0 Å². The molecule has 0 saturated carbocycles. The van der Waals surface area contributed by atoms with Crippen LogP contribution in [0.3, 0.4) is 0 Å². The fourth-order valence-electron chi connectivity index (χ4n) is 2.17. The predicted molar refractivity (Wildman–Crippen MR) is 89.4 cm³/mol. The molecule has 0 aliphatic carbocycles. The summed E-state index contributed by atoms with van der Waals surface area (Å²) < 4.78 is 0. The van der Waals surface area contributed by atoms with Crippen molar-refractivity contribution in [1.82, 2.24) is 10.2 Å². The maximum atomic E-state index is 6.00. The number of rotatable bonds is 8. The summed E-state index contributed by atoms with van der Waals surface area (Å²) in [5.74, 6) is 0. The zero-order valence-corrected chi connectivity index (χ0v) is 14.1. The molecule has 1 aromatic rings. The SMILES string of the molecule is CN(CCCCCNC(C)(C)C)Cc1cccc(Cl)c1. The van der Waals surface area contributed by atoms with Gasteiger partial charge in [0.15, 0.2) is 0 Å². The van der Waals surface area contributed by atoms with E-state index in [1.54, 1.807) is 0 Å². The fourth-order valence-corrected chi connectivity index (χ4v) is 2.39. The summed E-state index contributed by atoms with van der Waals surface area (Å²) in [4.78, 5) is 2.36. The molecule has 1 rings (SSSR count). The maximum absolute atomic E-state index is 6.00. The molecule has 0 heterocycles. The molecule has 0 unspecified atom stereocenters. The normalized spacial score (nSPS) is 12.1. The molecular weight excluding hydrogens is 268 g/mol. The van der Waals surface area contributed by atoms with Gasteiger partial charge in [-0.05, 0) is 71.4 Å². The Hall–Kier alpha value is -0.570. The highest BCUT2D eigenvalue weighted by atomic mass is 35.5. The Morgan fingerprint density at radius 2 is 1.90 bits per heavy atom. The molecule has 0 radical (unpaired) electrons. The van der Waals surface area contributed by atoms with Gasteiger partial charge in [0, 0.05) is 17.1 Å². The van der Waals surface area contributed by atoms with Gasteiger partial charge in [-0.1, -0.05) is 30.2 Å². The molecular formula is C17H29ClN2. The smallest absolute Gasteiger partial charge is 0.0409 e. The lowest BCUT2D eigenvalue weighted by Gasteiger charge is -2.20. The molecule has 0 aliphatic rings. The van der Waals surface area contributed by atoms with Gasteiger partial charge in [-0.3, -0.25) is 0 Å². The first kappa shape index (κ1) is 17.5. The van der Waals surface area contributed by atoms with Crippen molar-refractivity contribution in [3.63, 3.8) is 0 Å². The third kappa shape index (κ3) is 8.57. The number of hydrogen-bond donors (Lipinski definition) is 1. The van der Waals surface area contributed by atoms with E-state index >= 15 is 0 Å². The van der Waals surface area contributed by atoms with Crippen LogP contribution in [0.1, 0.15) is 45.6 Å². The van der Waals surface area contributed by atoms with Crippen LogP contribution in [-0.2, 0) is 6.54 Å². The third-order valence-corrected chi connectivity index (χ3v) is 3.45. The van der Waals surface area contributed by atoms with E-state index in [2.05, 4.69) is 44.1 Å². The fraction of sp³-hybridized carbons (Fsp3) is 0.647. The minimum Gasteiger partial charge on any atom is -0.312 e. The first-order valence-electron chi connectivity index (χ1n) is 7.55. The van der Waals surface area contributed by atoms with Crippen LogP contribution in [-0.4, -0.2) is 30.6 Å². The van der Waals surface area contributed by atoms with Crippen LogP contribution >= 0.6 is 11.6 Å². The highest BCUT2D eigenvalue weighted by Gasteiger charge is 2.07. The summed E-state index contributed by atoms with van der Waals surface area (Å²) in [7, 11) is 2.17. The zero-order chi connectivity index (χ0) is 15.0. The monoisotopic (exact) mass is 296 g/mol. The van der Waals surface area contributed by atoms with E-state index in [1.807, 2.05) is 18.2 Å². The molecule has 0 fully saturated rings. The molecule has 2 nitrogen and oxygen atoms in total. The lowest BCUT2D eigenvalue weighted by molar-refractivity contribution is 0.315. The Labute approximate surface area is 129 Å². The first-order chi connectivity index (χ1) is 9.37. The van der Waals surface area contributed by atoms with Crippen molar-refractivity contribution >= 4 is 11.6 Å². The van der Waals surface area contributed by atoms with Crippen molar-refractivity contribution in [2.75, 3.05) is 20.1 Å². The number of halogens is 1. The summed E-state index contributed by atoms with van der Waals surface area (Å²) in [6.07, 6.45) is 3.79. The Morgan fingerprint density at radius 1 is 1.15 bits per heavy atom. The van der Waals surface area contributed by atoms with E-state index in [0.29, 0.717) is 0 Å². The standard InChI is InChI=1S/C17H29ClN2/c1-17(2,3)19-11-6-5-7-12-20(4)14-15-9-8-10-16(18)13-15/h8-10,13,19H,5-7,11-12,14H2,1-4H3. The molecule has 1 N–H and O–H groups in total. The van der Waals surface area contributed by atoms with E-state index in [9.17, 15) is 0 Å². The Morgan fingerprint density at radius 3 is 2.55 bits per heavy atom. The van der Waals surface area contributed by atoms with Crippen LogP contribution < -0.4 is 5.32 Å². The topological polar surface area (TPSA) is 15.3 Å². The molecule has 0 saturated heterocycles. The van der Waals surface area contributed by atoms with E-state index < -0.39 is 0 Å². The van der Waals surface area contributed by atoms with Crippen molar-refractivity contribution in [2.45, 2.75) is 52.1 Å². The van der Waals surface area contributed by atoms with Gasteiger partial charge in [0.25, 0.3) is 0 Å². The molecule has 1 aromatic carbocycles. The molecule has 0 bridgehead atoms. The van der Waals surface area contributed by atoms with Crippen LogP contribution in [0.5, 0.6) is 0 Å². The maximum Gasteiger partial charge on any atom is 0.0409 e. The van der Waals surface area contributed by atoms with E-state index in [1.165, 1.54) is 24.8 Å². The quantitative estimate of drug-likeness (QED) is 0.718. The zero-order valence-electron chi connectivity index (χ0n) is 13.4. The van der Waals surface area contributed by atoms with Gasteiger partial charge in [-0.25, -0.2) is 0 Å². The Balaban J connectivity index is 2.10. The van der Waals surface area contributed by atoms with E-state index in [4.69, 9.17) is 11.6 Å². The molecule has 20 heavy (non-hydrogen) atoms. The van der Waals surface area contributed by atoms with Crippen molar-refractivity contribution in [1.29, 1.82) is 0 Å². The van der Waals surface area contributed by atoms with E-state index in [0.717, 1.165) is 24.7 Å². The molecule has 0 spiro atoms. The van der Waals surface area contributed by atoms with Gasteiger partial charge in [0.05, 0.1) is 0 Å². The number of benzene rings is 1. The van der Waals surface area contributed by atoms with Crippen molar-refractivity contribution in [3.8, 4) is 0 Å². The largest absolute Gasteiger partial charge is 0.312 e. The van der Waals surface area contributed by atoms with Crippen LogP contribution in [0.4, 0.5) is 0 Å². The number of unbranched alkanes of at least 4 members (excludes halogenated alkanes) is 2. The second-order valence-corrected chi connectivity index (χ2v) is 7.04. The number of nitrogens with zero attached hydrogens (tertiary/aromatic N) is 1. The highest BCUT2D eigenvalue weighted by Crippen LogP contribution is 2.12. The van der Waals surface area contributed by atoms with Crippen LogP contribution in [0.25, 0.3) is 0 Å². The predicted octanol–water partition coefficient (Wildman–Crippen LogP) is 4.33. The molecule has 0 aromatic heterocycles. The van der Waals surface area contributed by atoms with Crippen molar-refractivity contribution in [2.24, 2.45) is 0 Å². The molecule has 0 atom stereocenters. The number of nitrogens with one attached hydrogen (secondary N) is 1. The number of hydrogen-bond acceptors (Lipinski definition) is 2. The summed E-state index contributed by atoms with van der Waals surface area (Å²) in [6, 6.07) is 8.12. The lowest BCUT2D eigenvalue weighted by atomic mass is 10.1. The van der Waals surface area contributed by atoms with Crippen LogP contribution in [0.15, 0.2) is 24.3 Å². The minimum absolute atomic E-state index is 0.239. The average Bonchev–Trinajstić information content (AvgIpc) is 2.32. The van der Waals surface area contributed by atoms with Gasteiger partial charge in [-0.15, -0.1) is 0 Å². The van der Waals surface area contributed by atoms with Gasteiger partial charge in [-0.2, -0.15) is 0 Å². The van der Waals surface area contributed by atoms with Crippen LogP contribution in [0, 0.1) is 0 Å². The highest BCUT2D eigenvalue weighted by molar-refractivity contribution is 6.30. The summed E-state index contributed by atoms with van der Waals surface area (Å²) in [6.45, 7) is 9.87. The lowest BCUT2D eigenvalue weighted by Crippen LogP contribution is -2.36. The van der Waals surface area contributed by atoms with Gasteiger partial charge in [0.1, 0.15) is 0 Å². The van der Waals surface area contributed by atoms with Gasteiger partial charge < -0.3 is 10.2 Å². The second kappa shape index (κ2) is 8.66. The Kier molecular flexibility index (Phi) is 7.57. The Bertz CT molecular complexity index is 385. The average molecular weight is 297 g/mol. The van der Waals surface area contributed by atoms with Crippen LogP contribution in [0.2, 0.25) is 5.02 Å². The summed E-state index contributed by atoms with van der Waals surface area (Å²) in [5.41, 5.74) is 1.53. The third-order valence-electron chi connectivity index (χ3n) is 3.21. The van der Waals surface area contributed by atoms with E-state index in [-0.39, 0.29) is 5.54 Å². The first-order valence-corrected chi connectivity index (χ1v) is 7.93. The summed E-state index contributed by atoms with van der Waals surface area (Å²) in [5, 5.41) is 4.35. The minimum atomic E-state index is 0.239.